The van der Waals surface area contributed by atoms with Crippen LogP contribution in [0.4, 0.5) is 8.78 Å². The van der Waals surface area contributed by atoms with E-state index in [0.29, 0.717) is 23.4 Å². The van der Waals surface area contributed by atoms with Crippen LogP contribution in [0.1, 0.15) is 12.5 Å². The van der Waals surface area contributed by atoms with Gasteiger partial charge in [-0.15, -0.1) is 0 Å². The van der Waals surface area contributed by atoms with Crippen molar-refractivity contribution >= 4 is 11.0 Å². The van der Waals surface area contributed by atoms with Crippen LogP contribution >= 0.6 is 0 Å². The van der Waals surface area contributed by atoms with Gasteiger partial charge in [0.05, 0.1) is 28.2 Å². The predicted molar refractivity (Wildman–Crippen MR) is 75.5 cm³/mol. The minimum absolute atomic E-state index is 0.117. The molecule has 0 aliphatic heterocycles. The van der Waals surface area contributed by atoms with Crippen molar-refractivity contribution in [2.45, 2.75) is 13.5 Å². The number of imidazole rings is 1. The summed E-state index contributed by atoms with van der Waals surface area (Å²) in [5.74, 6) is -0.680. The topological polar surface area (TPSA) is 41.6 Å². The summed E-state index contributed by atoms with van der Waals surface area (Å²) in [5, 5.41) is 8.93. The Morgan fingerprint density at radius 2 is 2.00 bits per heavy atom. The van der Waals surface area contributed by atoms with Crippen molar-refractivity contribution in [1.29, 1.82) is 5.26 Å². The number of hydrogen-bond donors (Lipinski definition) is 0. The van der Waals surface area contributed by atoms with Crippen LogP contribution in [0.2, 0.25) is 0 Å². The second-order valence-electron chi connectivity index (χ2n) is 4.62. The molecule has 0 spiro atoms. The number of benzene rings is 2. The molecule has 3 rings (SSSR count). The predicted octanol–water partition coefficient (Wildman–Crippen LogP) is 3.87. The molecule has 104 valence electrons. The summed E-state index contributed by atoms with van der Waals surface area (Å²) in [6.45, 7) is 2.47. The molecule has 3 aromatic rings. The van der Waals surface area contributed by atoms with Gasteiger partial charge in [-0.3, -0.25) is 0 Å². The van der Waals surface area contributed by atoms with Crippen LogP contribution in [-0.2, 0) is 6.54 Å². The van der Waals surface area contributed by atoms with Gasteiger partial charge < -0.3 is 4.57 Å². The normalized spacial score (nSPS) is 10.8. The fourth-order valence-corrected chi connectivity index (χ4v) is 2.39. The molecule has 0 amide bonds. The fraction of sp³-hybridized carbons (Fsp3) is 0.125. The van der Waals surface area contributed by atoms with Crippen LogP contribution in [0, 0.1) is 23.0 Å². The highest BCUT2D eigenvalue weighted by Crippen LogP contribution is 2.28. The molecule has 0 atom stereocenters. The van der Waals surface area contributed by atoms with E-state index < -0.39 is 11.6 Å². The molecule has 0 unspecified atom stereocenters. The van der Waals surface area contributed by atoms with E-state index in [9.17, 15) is 8.78 Å². The Morgan fingerprint density at radius 3 is 2.71 bits per heavy atom. The first kappa shape index (κ1) is 13.3. The number of aromatic nitrogens is 2. The Hall–Kier alpha value is -2.74. The lowest BCUT2D eigenvalue weighted by atomic mass is 10.2. The maximum absolute atomic E-state index is 14.0. The van der Waals surface area contributed by atoms with E-state index in [4.69, 9.17) is 5.26 Å². The van der Waals surface area contributed by atoms with Crippen LogP contribution in [0.15, 0.2) is 36.4 Å². The molecule has 0 radical (unpaired) electrons. The van der Waals surface area contributed by atoms with Gasteiger partial charge in [0.1, 0.15) is 17.5 Å². The van der Waals surface area contributed by atoms with Crippen LogP contribution < -0.4 is 0 Å². The SMILES string of the molecule is CCn1c(-c2cc(F)ccc2F)nc2cc(C#N)ccc21. The zero-order valence-electron chi connectivity index (χ0n) is 11.3. The van der Waals surface area contributed by atoms with Gasteiger partial charge in [0.2, 0.25) is 0 Å². The van der Waals surface area contributed by atoms with Crippen molar-refractivity contribution in [3.8, 4) is 17.5 Å². The maximum atomic E-state index is 14.0. The van der Waals surface area contributed by atoms with Crippen molar-refractivity contribution in [3.63, 3.8) is 0 Å². The lowest BCUT2D eigenvalue weighted by Gasteiger charge is -2.07. The second-order valence-corrected chi connectivity index (χ2v) is 4.62. The zero-order chi connectivity index (χ0) is 15.0. The van der Waals surface area contributed by atoms with E-state index in [1.807, 2.05) is 13.0 Å². The van der Waals surface area contributed by atoms with Gasteiger partial charge in [0.15, 0.2) is 0 Å². The highest BCUT2D eigenvalue weighted by atomic mass is 19.1. The van der Waals surface area contributed by atoms with Crippen molar-refractivity contribution in [2.24, 2.45) is 0 Å². The van der Waals surface area contributed by atoms with Gasteiger partial charge in [0, 0.05) is 6.54 Å². The first-order valence-corrected chi connectivity index (χ1v) is 6.50. The summed E-state index contributed by atoms with van der Waals surface area (Å²) in [6, 6.07) is 10.4. The minimum Gasteiger partial charge on any atom is -0.324 e. The van der Waals surface area contributed by atoms with E-state index in [1.165, 1.54) is 0 Å². The molecule has 21 heavy (non-hydrogen) atoms. The highest BCUT2D eigenvalue weighted by Gasteiger charge is 2.16. The molecular weight excluding hydrogens is 272 g/mol. The fourth-order valence-electron chi connectivity index (χ4n) is 2.39. The van der Waals surface area contributed by atoms with Crippen LogP contribution in [0.3, 0.4) is 0 Å². The van der Waals surface area contributed by atoms with Crippen molar-refractivity contribution in [3.05, 3.63) is 53.6 Å². The van der Waals surface area contributed by atoms with E-state index in [2.05, 4.69) is 4.98 Å². The third kappa shape index (κ3) is 2.15. The van der Waals surface area contributed by atoms with Crippen molar-refractivity contribution < 1.29 is 8.78 Å². The molecule has 5 heteroatoms. The number of nitrogens with zero attached hydrogens (tertiary/aromatic N) is 3. The van der Waals surface area contributed by atoms with Gasteiger partial charge in [-0.2, -0.15) is 5.26 Å². The Bertz CT molecular complexity index is 875. The van der Waals surface area contributed by atoms with E-state index >= 15 is 0 Å². The van der Waals surface area contributed by atoms with Crippen LogP contribution in [0.5, 0.6) is 0 Å². The molecule has 3 nitrogen and oxygen atoms in total. The Labute approximate surface area is 120 Å². The van der Waals surface area contributed by atoms with Gasteiger partial charge in [0.25, 0.3) is 0 Å². The molecule has 0 fully saturated rings. The highest BCUT2D eigenvalue weighted by molar-refractivity contribution is 5.82. The third-order valence-corrected chi connectivity index (χ3v) is 3.36. The number of fused-ring (bicyclic) bond motifs is 1. The average Bonchev–Trinajstić information content (AvgIpc) is 2.86. The molecule has 1 aromatic heterocycles. The van der Waals surface area contributed by atoms with Crippen molar-refractivity contribution in [1.82, 2.24) is 9.55 Å². The van der Waals surface area contributed by atoms with E-state index in [0.717, 1.165) is 23.7 Å². The van der Waals surface area contributed by atoms with Crippen molar-refractivity contribution in [2.75, 3.05) is 0 Å². The second kappa shape index (κ2) is 4.98. The average molecular weight is 283 g/mol. The van der Waals surface area contributed by atoms with Gasteiger partial charge in [-0.05, 0) is 43.3 Å². The largest absolute Gasteiger partial charge is 0.324 e. The quantitative estimate of drug-likeness (QED) is 0.716. The molecule has 0 N–H and O–H groups in total. The molecule has 0 saturated heterocycles. The minimum atomic E-state index is -0.526. The van der Waals surface area contributed by atoms with Gasteiger partial charge >= 0.3 is 0 Å². The molecule has 0 bridgehead atoms. The summed E-state index contributed by atoms with van der Waals surface area (Å²) in [4.78, 5) is 4.37. The number of nitriles is 1. The molecule has 1 heterocycles. The number of hydrogen-bond acceptors (Lipinski definition) is 2. The van der Waals surface area contributed by atoms with Gasteiger partial charge in [-0.1, -0.05) is 0 Å². The lowest BCUT2D eigenvalue weighted by molar-refractivity contribution is 0.600. The first-order valence-electron chi connectivity index (χ1n) is 6.50. The van der Waals surface area contributed by atoms with Gasteiger partial charge in [-0.25, -0.2) is 13.8 Å². The van der Waals surface area contributed by atoms with Crippen LogP contribution in [-0.4, -0.2) is 9.55 Å². The lowest BCUT2D eigenvalue weighted by Crippen LogP contribution is -1.99. The molecule has 0 aliphatic rings. The number of halogens is 2. The summed E-state index contributed by atoms with van der Waals surface area (Å²) >= 11 is 0. The number of aryl methyl sites for hydroxylation is 1. The summed E-state index contributed by atoms with van der Waals surface area (Å²) < 4.78 is 29.2. The third-order valence-electron chi connectivity index (χ3n) is 3.36. The Kier molecular flexibility index (Phi) is 3.15. The molecule has 0 aliphatic carbocycles. The number of rotatable bonds is 2. The standard InChI is InChI=1S/C16H11F2N3/c1-2-21-15-6-3-10(9-19)7-14(15)20-16(21)12-8-11(17)4-5-13(12)18/h3-8H,2H2,1H3. The molecular formula is C16H11F2N3. The van der Waals surface area contributed by atoms with E-state index in [-0.39, 0.29) is 5.56 Å². The molecule has 0 saturated carbocycles. The summed E-state index contributed by atoms with van der Waals surface area (Å²) in [5.41, 5.74) is 1.98. The maximum Gasteiger partial charge on any atom is 0.144 e. The summed E-state index contributed by atoms with van der Waals surface area (Å²) in [6.07, 6.45) is 0. The first-order chi connectivity index (χ1) is 10.1. The summed E-state index contributed by atoms with van der Waals surface area (Å²) in [7, 11) is 0. The van der Waals surface area contributed by atoms with Crippen LogP contribution in [0.25, 0.3) is 22.4 Å². The zero-order valence-corrected chi connectivity index (χ0v) is 11.3. The smallest absolute Gasteiger partial charge is 0.144 e. The molecule has 2 aromatic carbocycles. The monoisotopic (exact) mass is 283 g/mol. The Morgan fingerprint density at radius 1 is 1.19 bits per heavy atom. The Balaban J connectivity index is 2.32. The van der Waals surface area contributed by atoms with E-state index in [1.54, 1.807) is 22.8 Å².